The molecule has 5 nitrogen and oxygen atoms in total. The molecule has 1 fully saturated rings. The molecule has 0 aromatic rings. The van der Waals surface area contributed by atoms with E-state index in [1.165, 1.54) is 0 Å². The van der Waals surface area contributed by atoms with Crippen LogP contribution in [-0.4, -0.2) is 46.4 Å². The molecule has 78 valence electrons. The molecule has 1 aliphatic rings. The third kappa shape index (κ3) is 3.17. The van der Waals surface area contributed by atoms with Gasteiger partial charge in [0.15, 0.2) is 8.37 Å². The molecule has 0 spiro atoms. The van der Waals surface area contributed by atoms with Crippen LogP contribution in [0.1, 0.15) is 0 Å². The second-order valence-corrected chi connectivity index (χ2v) is 8.90. The molecule has 1 N–H and O–H groups in total. The second kappa shape index (κ2) is 5.46. The summed E-state index contributed by atoms with van der Waals surface area (Å²) in [5.41, 5.74) is 0. The van der Waals surface area contributed by atoms with Crippen molar-refractivity contribution in [1.29, 1.82) is 0 Å². The van der Waals surface area contributed by atoms with Crippen LogP contribution in [0.3, 0.4) is 0 Å². The van der Waals surface area contributed by atoms with Gasteiger partial charge in [0, 0.05) is 31.9 Å². The van der Waals surface area contributed by atoms with Gasteiger partial charge in [-0.2, -0.15) is 4.55 Å². The van der Waals surface area contributed by atoms with Crippen molar-refractivity contribution >= 4 is 37.9 Å². The fourth-order valence-corrected chi connectivity index (χ4v) is 7.79. The van der Waals surface area contributed by atoms with Gasteiger partial charge in [-0.05, 0) is 25.9 Å². The number of hydrogen-bond acceptors (Lipinski definition) is 5. The van der Waals surface area contributed by atoms with Crippen molar-refractivity contribution in [2.24, 2.45) is 0 Å². The molecule has 0 aliphatic carbocycles. The fraction of sp³-hybridized carbons (Fsp3) is 1.00. The number of nitrogens with one attached hydrogen (secondary N) is 1. The number of hydrazine groups is 1. The summed E-state index contributed by atoms with van der Waals surface area (Å²) in [4.78, 5) is 3.27. The quantitative estimate of drug-likeness (QED) is 0.602. The molecule has 0 aromatic carbocycles. The zero-order chi connectivity index (χ0) is 10.0. The Morgan fingerprint density at radius 1 is 1.23 bits per heavy atom. The summed E-state index contributed by atoms with van der Waals surface area (Å²) >= 11 is 6.12. The van der Waals surface area contributed by atoms with Crippen molar-refractivity contribution in [3.8, 4) is 0 Å². The lowest BCUT2D eigenvalue weighted by atomic mass is 11.2. The Balaban J connectivity index is 2.68. The maximum atomic E-state index is 6.12. The maximum Gasteiger partial charge on any atom is 0.158 e. The third-order valence-corrected chi connectivity index (χ3v) is 7.10. The van der Waals surface area contributed by atoms with E-state index in [2.05, 4.69) is 33.2 Å². The highest BCUT2D eigenvalue weighted by atomic mass is 35.5. The van der Waals surface area contributed by atoms with Crippen LogP contribution in [0.4, 0.5) is 0 Å². The molecule has 3 unspecified atom stereocenters. The molecule has 0 radical (unpaired) electrons. The lowest BCUT2D eigenvalue weighted by molar-refractivity contribution is 0.232. The minimum Gasteiger partial charge on any atom is -0.261 e. The van der Waals surface area contributed by atoms with Crippen LogP contribution in [0.5, 0.6) is 0 Å². The summed E-state index contributed by atoms with van der Waals surface area (Å²) in [5.74, 6) is 0. The highest BCUT2D eigenvalue weighted by Crippen LogP contribution is 2.61. The van der Waals surface area contributed by atoms with E-state index in [1.807, 2.05) is 18.1 Å². The largest absolute Gasteiger partial charge is 0.261 e. The smallest absolute Gasteiger partial charge is 0.158 e. The summed E-state index contributed by atoms with van der Waals surface area (Å²) in [6.45, 7) is 0. The predicted molar refractivity (Wildman–Crippen MR) is 63.6 cm³/mol. The molecule has 3 atom stereocenters. The monoisotopic (exact) mass is 261 g/mol. The first-order chi connectivity index (χ1) is 6.04. The van der Waals surface area contributed by atoms with Gasteiger partial charge in [-0.3, -0.25) is 9.53 Å². The van der Waals surface area contributed by atoms with E-state index in [0.29, 0.717) is 17.8 Å². The van der Waals surface area contributed by atoms with Crippen molar-refractivity contribution in [2.75, 3.05) is 28.2 Å². The molecule has 13 heavy (non-hydrogen) atoms. The summed E-state index contributed by atoms with van der Waals surface area (Å²) in [6, 6.07) is 0. The average Bonchev–Trinajstić information content (AvgIpc) is 2.02. The van der Waals surface area contributed by atoms with Crippen LogP contribution in [0.2, 0.25) is 0 Å². The van der Waals surface area contributed by atoms with Crippen molar-refractivity contribution < 1.29 is 0 Å². The fourth-order valence-electron chi connectivity index (χ4n) is 0.871. The summed E-state index contributed by atoms with van der Waals surface area (Å²) < 4.78 is 6.23. The highest BCUT2D eigenvalue weighted by Gasteiger charge is 2.32. The summed E-state index contributed by atoms with van der Waals surface area (Å²) in [5, 5.41) is 2.08. The first kappa shape index (κ1) is 12.4. The molecule has 0 amide bonds. The Labute approximate surface area is 89.5 Å². The van der Waals surface area contributed by atoms with Crippen molar-refractivity contribution in [1.82, 2.24) is 23.0 Å². The van der Waals surface area contributed by atoms with E-state index in [0.717, 1.165) is 0 Å². The maximum absolute atomic E-state index is 6.12. The Morgan fingerprint density at radius 2 is 1.85 bits per heavy atom. The first-order valence-electron chi connectivity index (χ1n) is 3.71. The third-order valence-electron chi connectivity index (χ3n) is 1.37. The molecule has 0 bridgehead atoms. The Morgan fingerprint density at radius 3 is 2.23 bits per heavy atom. The minimum absolute atomic E-state index is 0.507. The predicted octanol–water partition coefficient (Wildman–Crippen LogP) is 1.63. The number of rotatable bonds is 2. The molecular weight excluding hydrogens is 246 g/mol. The molecule has 1 rings (SSSR count). The van der Waals surface area contributed by atoms with Crippen LogP contribution in [0, 0.1) is 0 Å². The Hall–Kier alpha value is 1.38. The topological polar surface area (TPSA) is 25.0 Å². The van der Waals surface area contributed by atoms with Crippen molar-refractivity contribution in [3.05, 3.63) is 0 Å². The van der Waals surface area contributed by atoms with Gasteiger partial charge in [0.05, 0.1) is 0 Å². The van der Waals surface area contributed by atoms with E-state index in [1.54, 1.807) is 0 Å². The summed E-state index contributed by atoms with van der Waals surface area (Å²) in [7, 11) is 8.76. The van der Waals surface area contributed by atoms with Crippen LogP contribution in [-0.2, 0) is 0 Å². The number of hydrogen-bond donors (Lipinski definition) is 1. The van der Waals surface area contributed by atoms with E-state index in [9.17, 15) is 0 Å². The molecule has 1 saturated heterocycles. The van der Waals surface area contributed by atoms with Crippen LogP contribution >= 0.6 is 37.9 Å². The van der Waals surface area contributed by atoms with Gasteiger partial charge in [-0.1, -0.05) is 0 Å². The normalized spacial score (nSPS) is 31.2. The van der Waals surface area contributed by atoms with Crippen LogP contribution < -0.4 is 4.86 Å². The van der Waals surface area contributed by atoms with Gasteiger partial charge in [-0.25, -0.2) is 5.01 Å². The zero-order valence-corrected chi connectivity index (χ0v) is 11.8. The standard InChI is InChI=1S/C4H15ClN5P3/c1-7(2)10-12-6-11-9(5)13(10)8(3)4/h6,11-12H,1-4H3. The lowest BCUT2D eigenvalue weighted by Crippen LogP contribution is -2.36. The summed E-state index contributed by atoms with van der Waals surface area (Å²) in [6.07, 6.45) is 0. The van der Waals surface area contributed by atoms with Gasteiger partial charge in [-0.15, -0.1) is 3.96 Å². The average molecular weight is 262 g/mol. The van der Waals surface area contributed by atoms with Gasteiger partial charge in [0.1, 0.15) is 0 Å². The van der Waals surface area contributed by atoms with E-state index < -0.39 is 8.37 Å². The Bertz CT molecular complexity index is 170. The molecule has 1 heterocycles. The highest BCUT2D eigenvalue weighted by molar-refractivity contribution is 7.72. The SMILES string of the molecule is CN(C)N1PNPN(Cl)P1N(C)C. The molecule has 1 aliphatic heterocycles. The van der Waals surface area contributed by atoms with Crippen LogP contribution in [0.15, 0.2) is 0 Å². The molecular formula is C4H15ClN5P3. The van der Waals surface area contributed by atoms with Crippen LogP contribution in [0.25, 0.3) is 0 Å². The molecule has 0 saturated carbocycles. The zero-order valence-electron chi connectivity index (χ0n) is 8.11. The van der Waals surface area contributed by atoms with Gasteiger partial charge in [0.25, 0.3) is 0 Å². The number of halogens is 1. The number of nitrogens with zero attached hydrogens (tertiary/aromatic N) is 4. The van der Waals surface area contributed by atoms with E-state index in [-0.39, 0.29) is 0 Å². The van der Waals surface area contributed by atoms with Gasteiger partial charge in [0.2, 0.25) is 0 Å². The second-order valence-electron chi connectivity index (χ2n) is 2.86. The van der Waals surface area contributed by atoms with Crippen molar-refractivity contribution in [3.63, 3.8) is 0 Å². The molecule has 9 heteroatoms. The van der Waals surface area contributed by atoms with E-state index in [4.69, 9.17) is 11.8 Å². The Kier molecular flexibility index (Phi) is 5.23. The van der Waals surface area contributed by atoms with E-state index >= 15 is 0 Å². The molecule has 0 aromatic heterocycles. The lowest BCUT2D eigenvalue weighted by Gasteiger charge is -2.44. The van der Waals surface area contributed by atoms with Crippen molar-refractivity contribution in [2.45, 2.75) is 0 Å². The van der Waals surface area contributed by atoms with Gasteiger partial charge < -0.3 is 0 Å². The minimum atomic E-state index is -0.541. The van der Waals surface area contributed by atoms with Gasteiger partial charge >= 0.3 is 0 Å². The first-order valence-corrected chi connectivity index (χ1v) is 7.14.